The summed E-state index contributed by atoms with van der Waals surface area (Å²) < 4.78 is 5.33. The van der Waals surface area contributed by atoms with Gasteiger partial charge in [-0.05, 0) is 52.4 Å². The van der Waals surface area contributed by atoms with Crippen molar-refractivity contribution in [3.05, 3.63) is 16.1 Å². The average molecular weight is 368 g/mol. The van der Waals surface area contributed by atoms with Crippen LogP contribution in [-0.2, 0) is 11.2 Å². The maximum Gasteiger partial charge on any atom is 0.407 e. The third-order valence-corrected chi connectivity index (χ3v) is 5.16. The Labute approximate surface area is 153 Å². The van der Waals surface area contributed by atoms with E-state index in [9.17, 15) is 9.59 Å². The monoisotopic (exact) mass is 368 g/mol. The number of hydrogen-bond donors (Lipinski definition) is 2. The molecule has 1 aliphatic rings. The first-order valence-corrected chi connectivity index (χ1v) is 9.78. The van der Waals surface area contributed by atoms with Crippen molar-refractivity contribution in [2.75, 3.05) is 0 Å². The molecule has 1 aromatic heterocycles. The standard InChI is InChI=1S/C18H28N2O4S/c1-18(2,3)24-17(23)19-13-8-4-6-12(7-5-9-13)10-15-20-14(11-25-15)16(21)22/h11-13H,4-10H2,1-3H3,(H,19,23)(H,21,22). The van der Waals surface area contributed by atoms with Gasteiger partial charge in [0.25, 0.3) is 0 Å². The Balaban J connectivity index is 1.77. The van der Waals surface area contributed by atoms with Crippen LogP contribution < -0.4 is 5.32 Å². The van der Waals surface area contributed by atoms with E-state index in [1.165, 1.54) is 11.3 Å². The number of nitrogens with one attached hydrogen (secondary N) is 1. The number of ether oxygens (including phenoxy) is 1. The Bertz CT molecular complexity index is 584. The van der Waals surface area contributed by atoms with Crippen molar-refractivity contribution < 1.29 is 19.4 Å². The molecule has 0 aliphatic heterocycles. The molecule has 2 N–H and O–H groups in total. The van der Waals surface area contributed by atoms with E-state index in [2.05, 4.69) is 10.3 Å². The minimum atomic E-state index is -0.962. The molecule has 1 aromatic rings. The lowest BCUT2D eigenvalue weighted by molar-refractivity contribution is 0.0494. The molecule has 0 atom stereocenters. The zero-order valence-electron chi connectivity index (χ0n) is 15.2. The van der Waals surface area contributed by atoms with Gasteiger partial charge < -0.3 is 15.2 Å². The van der Waals surface area contributed by atoms with Crippen molar-refractivity contribution in [3.8, 4) is 0 Å². The predicted octanol–water partition coefficient (Wildman–Crippen LogP) is 4.25. The molecule has 0 saturated heterocycles. The molecule has 0 radical (unpaired) electrons. The number of thiazole rings is 1. The lowest BCUT2D eigenvalue weighted by Gasteiger charge is -2.26. The van der Waals surface area contributed by atoms with Gasteiger partial charge in [-0.3, -0.25) is 0 Å². The first-order valence-electron chi connectivity index (χ1n) is 8.90. The third-order valence-electron chi connectivity index (χ3n) is 4.28. The van der Waals surface area contributed by atoms with Gasteiger partial charge in [0.05, 0.1) is 5.01 Å². The van der Waals surface area contributed by atoms with Crippen LogP contribution in [0.1, 0.15) is 74.8 Å². The maximum absolute atomic E-state index is 11.9. The molecule has 0 aromatic carbocycles. The van der Waals surface area contributed by atoms with Crippen molar-refractivity contribution >= 4 is 23.4 Å². The number of aromatic nitrogens is 1. The van der Waals surface area contributed by atoms with Crippen molar-refractivity contribution in [1.82, 2.24) is 10.3 Å². The van der Waals surface area contributed by atoms with Crippen LogP contribution in [-0.4, -0.2) is 33.8 Å². The number of carbonyl (C=O) groups excluding carboxylic acids is 1. The number of amides is 1. The smallest absolute Gasteiger partial charge is 0.407 e. The van der Waals surface area contributed by atoms with Crippen molar-refractivity contribution in [1.29, 1.82) is 0 Å². The second-order valence-corrected chi connectivity index (χ2v) is 8.65. The highest BCUT2D eigenvalue weighted by Gasteiger charge is 2.22. The van der Waals surface area contributed by atoms with E-state index in [0.717, 1.165) is 50.0 Å². The second kappa shape index (κ2) is 8.65. The number of aromatic carboxylic acids is 1. The number of carbonyl (C=O) groups is 2. The van der Waals surface area contributed by atoms with E-state index in [1.54, 1.807) is 5.38 Å². The van der Waals surface area contributed by atoms with Gasteiger partial charge in [-0.25, -0.2) is 14.6 Å². The summed E-state index contributed by atoms with van der Waals surface area (Å²) in [6.45, 7) is 5.59. The molecule has 0 bridgehead atoms. The molecule has 0 unspecified atom stereocenters. The Hall–Kier alpha value is -1.63. The zero-order valence-corrected chi connectivity index (χ0v) is 16.0. The highest BCUT2D eigenvalue weighted by atomic mass is 32.1. The van der Waals surface area contributed by atoms with E-state index >= 15 is 0 Å². The third kappa shape index (κ3) is 7.02. The van der Waals surface area contributed by atoms with E-state index in [4.69, 9.17) is 9.84 Å². The molecule has 1 fully saturated rings. The van der Waals surface area contributed by atoms with Crippen LogP contribution in [0.3, 0.4) is 0 Å². The summed E-state index contributed by atoms with van der Waals surface area (Å²) in [5, 5.41) is 14.5. The molecule has 1 heterocycles. The molecule has 6 nitrogen and oxygen atoms in total. The van der Waals surface area contributed by atoms with Crippen molar-refractivity contribution in [3.63, 3.8) is 0 Å². The van der Waals surface area contributed by atoms with Crippen LogP contribution in [0.4, 0.5) is 4.79 Å². The molecule has 25 heavy (non-hydrogen) atoms. The first kappa shape index (κ1) is 19.7. The molecule has 2 rings (SSSR count). The van der Waals surface area contributed by atoms with Crippen LogP contribution in [0.15, 0.2) is 5.38 Å². The quantitative estimate of drug-likeness (QED) is 0.829. The summed E-state index contributed by atoms with van der Waals surface area (Å²) in [6, 6.07) is 0.175. The summed E-state index contributed by atoms with van der Waals surface area (Å²) in [6.07, 6.45) is 6.66. The molecule has 140 valence electrons. The average Bonchev–Trinajstić information content (AvgIpc) is 2.90. The number of rotatable bonds is 4. The zero-order chi connectivity index (χ0) is 18.4. The van der Waals surface area contributed by atoms with Gasteiger partial charge >= 0.3 is 12.1 Å². The van der Waals surface area contributed by atoms with Gasteiger partial charge in [0.15, 0.2) is 5.69 Å². The number of carboxylic acid groups (broad SMARTS) is 1. The lowest BCUT2D eigenvalue weighted by atomic mass is 9.87. The normalized spacial score (nSPS) is 21.9. The fourth-order valence-electron chi connectivity index (χ4n) is 3.17. The Morgan fingerprint density at radius 1 is 1.28 bits per heavy atom. The highest BCUT2D eigenvalue weighted by molar-refractivity contribution is 7.09. The molecular weight excluding hydrogens is 340 g/mol. The summed E-state index contributed by atoms with van der Waals surface area (Å²) in [4.78, 5) is 27.0. The number of hydrogen-bond acceptors (Lipinski definition) is 5. The molecule has 0 spiro atoms. The second-order valence-electron chi connectivity index (χ2n) is 7.71. The molecule has 1 aliphatic carbocycles. The Kier molecular flexibility index (Phi) is 6.81. The molecule has 1 saturated carbocycles. The summed E-state index contributed by atoms with van der Waals surface area (Å²) in [5.41, 5.74) is -0.327. The first-order chi connectivity index (χ1) is 11.7. The summed E-state index contributed by atoms with van der Waals surface area (Å²) >= 11 is 1.43. The topological polar surface area (TPSA) is 88.5 Å². The Morgan fingerprint density at radius 3 is 2.44 bits per heavy atom. The van der Waals surface area contributed by atoms with Gasteiger partial charge in [-0.15, -0.1) is 11.3 Å². The van der Waals surface area contributed by atoms with Crippen molar-refractivity contribution in [2.45, 2.75) is 77.4 Å². The minimum absolute atomic E-state index is 0.146. The van der Waals surface area contributed by atoms with Gasteiger partial charge in [0.1, 0.15) is 5.60 Å². The largest absolute Gasteiger partial charge is 0.476 e. The van der Waals surface area contributed by atoms with Crippen LogP contribution >= 0.6 is 11.3 Å². The maximum atomic E-state index is 11.9. The van der Waals surface area contributed by atoms with Gasteiger partial charge in [-0.2, -0.15) is 0 Å². The van der Waals surface area contributed by atoms with E-state index in [1.807, 2.05) is 20.8 Å². The van der Waals surface area contributed by atoms with Crippen LogP contribution in [0.2, 0.25) is 0 Å². The minimum Gasteiger partial charge on any atom is -0.476 e. The SMILES string of the molecule is CC(C)(C)OC(=O)NC1CCCC(Cc2nc(C(=O)O)cs2)CCC1. The van der Waals surface area contributed by atoms with Crippen LogP contribution in [0, 0.1) is 5.92 Å². The molecule has 1 amide bonds. The summed E-state index contributed by atoms with van der Waals surface area (Å²) in [5.74, 6) is -0.425. The lowest BCUT2D eigenvalue weighted by Crippen LogP contribution is -2.39. The highest BCUT2D eigenvalue weighted by Crippen LogP contribution is 2.27. The van der Waals surface area contributed by atoms with Gasteiger partial charge in [-0.1, -0.05) is 12.8 Å². The fraction of sp³-hybridized carbons (Fsp3) is 0.722. The Morgan fingerprint density at radius 2 is 1.92 bits per heavy atom. The van der Waals surface area contributed by atoms with Crippen molar-refractivity contribution in [2.24, 2.45) is 5.92 Å². The number of carboxylic acids is 1. The number of nitrogens with zero attached hydrogens (tertiary/aromatic N) is 1. The van der Waals surface area contributed by atoms with Gasteiger partial charge in [0.2, 0.25) is 0 Å². The van der Waals surface area contributed by atoms with E-state index in [-0.39, 0.29) is 17.8 Å². The molecule has 7 heteroatoms. The van der Waals surface area contributed by atoms with Crippen LogP contribution in [0.25, 0.3) is 0 Å². The van der Waals surface area contributed by atoms with Gasteiger partial charge in [0, 0.05) is 17.8 Å². The molecular formula is C18H28N2O4S. The van der Waals surface area contributed by atoms with E-state index < -0.39 is 11.6 Å². The fourth-order valence-corrected chi connectivity index (χ4v) is 4.05. The van der Waals surface area contributed by atoms with Crippen LogP contribution in [0.5, 0.6) is 0 Å². The predicted molar refractivity (Wildman–Crippen MR) is 97.1 cm³/mol. The number of alkyl carbamates (subject to hydrolysis) is 1. The summed E-state index contributed by atoms with van der Waals surface area (Å²) in [7, 11) is 0. The van der Waals surface area contributed by atoms with E-state index in [0.29, 0.717) is 5.92 Å².